The summed E-state index contributed by atoms with van der Waals surface area (Å²) in [6.45, 7) is 2.88. The van der Waals surface area contributed by atoms with Gasteiger partial charge in [-0.25, -0.2) is 0 Å². The molecule has 0 bridgehead atoms. The molecule has 2 unspecified atom stereocenters. The topological polar surface area (TPSA) is 32.3 Å². The summed E-state index contributed by atoms with van der Waals surface area (Å²) < 4.78 is 0. The van der Waals surface area contributed by atoms with Gasteiger partial charge in [0.2, 0.25) is 0 Å². The Bertz CT molecular complexity index is 414. The van der Waals surface area contributed by atoms with Crippen molar-refractivity contribution in [1.29, 1.82) is 0 Å². The van der Waals surface area contributed by atoms with Gasteiger partial charge in [-0.15, -0.1) is 0 Å². The van der Waals surface area contributed by atoms with E-state index in [2.05, 4.69) is 5.32 Å². The molecular weight excluding hydrogens is 269 g/mol. The quantitative estimate of drug-likeness (QED) is 0.888. The van der Waals surface area contributed by atoms with Crippen LogP contribution in [0.5, 0.6) is 0 Å². The van der Waals surface area contributed by atoms with Crippen molar-refractivity contribution in [2.45, 2.75) is 44.2 Å². The van der Waals surface area contributed by atoms with Gasteiger partial charge in [-0.05, 0) is 50.4 Å². The van der Waals surface area contributed by atoms with Crippen LogP contribution < -0.4 is 5.32 Å². The Morgan fingerprint density at radius 2 is 2.11 bits per heavy atom. The average Bonchev–Trinajstić information content (AvgIpc) is 2.33. The Kier molecular flexibility index (Phi) is 4.54. The molecule has 0 amide bonds. The lowest BCUT2D eigenvalue weighted by Crippen LogP contribution is -2.39. The van der Waals surface area contributed by atoms with Gasteiger partial charge in [-0.1, -0.05) is 35.7 Å². The van der Waals surface area contributed by atoms with Crippen molar-refractivity contribution < 1.29 is 5.11 Å². The van der Waals surface area contributed by atoms with Crippen LogP contribution in [-0.2, 0) is 5.60 Å². The third-order valence-electron chi connectivity index (χ3n) is 3.60. The van der Waals surface area contributed by atoms with E-state index in [1.54, 1.807) is 12.1 Å². The van der Waals surface area contributed by atoms with Crippen molar-refractivity contribution in [1.82, 2.24) is 5.32 Å². The minimum Gasteiger partial charge on any atom is -0.385 e. The van der Waals surface area contributed by atoms with Crippen molar-refractivity contribution in [3.8, 4) is 0 Å². The standard InChI is InChI=1S/C14H19Cl2NO/c1-14(18,9-11-4-2-3-7-17-11)10-5-6-12(15)13(16)8-10/h5-6,8,11,17-18H,2-4,7,9H2,1H3. The first-order chi connectivity index (χ1) is 8.49. The molecule has 4 heteroatoms. The van der Waals surface area contributed by atoms with Crippen molar-refractivity contribution in [2.24, 2.45) is 0 Å². The van der Waals surface area contributed by atoms with E-state index >= 15 is 0 Å². The molecule has 0 aromatic heterocycles. The zero-order valence-corrected chi connectivity index (χ0v) is 12.1. The van der Waals surface area contributed by atoms with E-state index in [-0.39, 0.29) is 0 Å². The summed E-state index contributed by atoms with van der Waals surface area (Å²) in [5, 5.41) is 15.1. The van der Waals surface area contributed by atoms with Crippen LogP contribution in [0.1, 0.15) is 38.2 Å². The molecule has 2 rings (SSSR count). The number of aliphatic hydroxyl groups is 1. The maximum absolute atomic E-state index is 10.6. The average molecular weight is 288 g/mol. The van der Waals surface area contributed by atoms with Gasteiger partial charge in [0.25, 0.3) is 0 Å². The monoisotopic (exact) mass is 287 g/mol. The van der Waals surface area contributed by atoms with E-state index in [4.69, 9.17) is 23.2 Å². The molecule has 1 saturated heterocycles. The smallest absolute Gasteiger partial charge is 0.0883 e. The number of halogens is 2. The fraction of sp³-hybridized carbons (Fsp3) is 0.571. The highest BCUT2D eigenvalue weighted by molar-refractivity contribution is 6.42. The number of rotatable bonds is 3. The Morgan fingerprint density at radius 3 is 2.72 bits per heavy atom. The lowest BCUT2D eigenvalue weighted by Gasteiger charge is -2.32. The third kappa shape index (κ3) is 3.39. The predicted octanol–water partition coefficient (Wildman–Crippen LogP) is 3.73. The second-order valence-corrected chi connectivity index (χ2v) is 6.07. The molecule has 0 saturated carbocycles. The molecule has 18 heavy (non-hydrogen) atoms. The van der Waals surface area contributed by atoms with Crippen LogP contribution in [0.15, 0.2) is 18.2 Å². The molecule has 0 aliphatic carbocycles. The number of nitrogens with one attached hydrogen (secondary N) is 1. The molecular formula is C14H19Cl2NO. The fourth-order valence-corrected chi connectivity index (χ4v) is 2.83. The third-order valence-corrected chi connectivity index (χ3v) is 4.34. The largest absolute Gasteiger partial charge is 0.385 e. The number of hydrogen-bond acceptors (Lipinski definition) is 2. The molecule has 0 spiro atoms. The highest BCUT2D eigenvalue weighted by Gasteiger charge is 2.28. The fourth-order valence-electron chi connectivity index (χ4n) is 2.53. The van der Waals surface area contributed by atoms with Crippen LogP contribution in [0.4, 0.5) is 0 Å². The highest BCUT2D eigenvalue weighted by atomic mass is 35.5. The maximum atomic E-state index is 10.6. The van der Waals surface area contributed by atoms with E-state index < -0.39 is 5.60 Å². The van der Waals surface area contributed by atoms with E-state index in [1.807, 2.05) is 13.0 Å². The van der Waals surface area contributed by atoms with Gasteiger partial charge in [0.05, 0.1) is 15.6 Å². The van der Waals surface area contributed by atoms with Crippen LogP contribution in [0.3, 0.4) is 0 Å². The molecule has 1 heterocycles. The SMILES string of the molecule is CC(O)(CC1CCCCN1)c1ccc(Cl)c(Cl)c1. The number of piperidine rings is 1. The normalized spacial score (nSPS) is 23.7. The van der Waals surface area contributed by atoms with E-state index in [0.717, 1.165) is 18.5 Å². The van der Waals surface area contributed by atoms with Gasteiger partial charge in [0.1, 0.15) is 0 Å². The lowest BCUT2D eigenvalue weighted by molar-refractivity contribution is 0.0332. The summed E-state index contributed by atoms with van der Waals surface area (Å²) in [5.74, 6) is 0. The maximum Gasteiger partial charge on any atom is 0.0883 e. The Hall–Kier alpha value is -0.280. The van der Waals surface area contributed by atoms with Crippen LogP contribution in [-0.4, -0.2) is 17.7 Å². The summed E-state index contributed by atoms with van der Waals surface area (Å²) in [5.41, 5.74) is -0.0484. The first-order valence-electron chi connectivity index (χ1n) is 6.40. The number of hydrogen-bond donors (Lipinski definition) is 2. The van der Waals surface area contributed by atoms with Gasteiger partial charge < -0.3 is 10.4 Å². The van der Waals surface area contributed by atoms with Gasteiger partial charge >= 0.3 is 0 Å². The molecule has 1 fully saturated rings. The van der Waals surface area contributed by atoms with Crippen molar-refractivity contribution >= 4 is 23.2 Å². The van der Waals surface area contributed by atoms with Crippen molar-refractivity contribution in [2.75, 3.05) is 6.54 Å². The van der Waals surface area contributed by atoms with Gasteiger partial charge in [0.15, 0.2) is 0 Å². The Morgan fingerprint density at radius 1 is 1.33 bits per heavy atom. The summed E-state index contributed by atoms with van der Waals surface area (Å²) >= 11 is 11.9. The summed E-state index contributed by atoms with van der Waals surface area (Å²) in [4.78, 5) is 0. The minimum absolute atomic E-state index is 0.378. The van der Waals surface area contributed by atoms with Gasteiger partial charge in [-0.2, -0.15) is 0 Å². The van der Waals surface area contributed by atoms with E-state index in [0.29, 0.717) is 22.5 Å². The molecule has 2 atom stereocenters. The van der Waals surface area contributed by atoms with Crippen LogP contribution in [0.2, 0.25) is 10.0 Å². The molecule has 2 nitrogen and oxygen atoms in total. The van der Waals surface area contributed by atoms with E-state index in [1.165, 1.54) is 12.8 Å². The molecule has 100 valence electrons. The molecule has 1 aliphatic rings. The first kappa shape index (κ1) is 14.1. The number of benzene rings is 1. The second kappa shape index (κ2) is 5.79. The summed E-state index contributed by atoms with van der Waals surface area (Å²) in [6, 6.07) is 5.72. The van der Waals surface area contributed by atoms with E-state index in [9.17, 15) is 5.11 Å². The van der Waals surface area contributed by atoms with Crippen molar-refractivity contribution in [3.63, 3.8) is 0 Å². The molecule has 1 aromatic rings. The minimum atomic E-state index is -0.872. The Balaban J connectivity index is 2.10. The van der Waals surface area contributed by atoms with Crippen LogP contribution in [0, 0.1) is 0 Å². The second-order valence-electron chi connectivity index (χ2n) is 5.25. The zero-order valence-electron chi connectivity index (χ0n) is 10.5. The lowest BCUT2D eigenvalue weighted by atomic mass is 9.86. The van der Waals surface area contributed by atoms with Crippen molar-refractivity contribution in [3.05, 3.63) is 33.8 Å². The van der Waals surface area contributed by atoms with Gasteiger partial charge in [-0.3, -0.25) is 0 Å². The molecule has 1 aliphatic heterocycles. The molecule has 2 N–H and O–H groups in total. The zero-order chi connectivity index (χ0) is 13.2. The summed E-state index contributed by atoms with van der Waals surface area (Å²) in [6.07, 6.45) is 4.28. The molecule has 1 aromatic carbocycles. The predicted molar refractivity (Wildman–Crippen MR) is 76.3 cm³/mol. The molecule has 0 radical (unpaired) electrons. The highest BCUT2D eigenvalue weighted by Crippen LogP contribution is 2.32. The Labute approximate surface area is 118 Å². The van der Waals surface area contributed by atoms with Gasteiger partial charge in [0, 0.05) is 6.04 Å². The summed E-state index contributed by atoms with van der Waals surface area (Å²) in [7, 11) is 0. The van der Waals surface area contributed by atoms with Crippen LogP contribution in [0.25, 0.3) is 0 Å². The first-order valence-corrected chi connectivity index (χ1v) is 7.16. The van der Waals surface area contributed by atoms with Crippen LogP contribution >= 0.6 is 23.2 Å².